The van der Waals surface area contributed by atoms with Gasteiger partial charge in [0.1, 0.15) is 18.2 Å². The Morgan fingerprint density at radius 3 is 2.49 bits per heavy atom. The Bertz CT molecular complexity index is 925. The first-order valence-corrected chi connectivity index (χ1v) is 13.5. The summed E-state index contributed by atoms with van der Waals surface area (Å²) in [5.41, 5.74) is 0.720. The number of carbonyl (C=O) groups excluding carboxylic acids is 3. The van der Waals surface area contributed by atoms with Gasteiger partial charge >= 0.3 is 0 Å². The summed E-state index contributed by atoms with van der Waals surface area (Å²) < 4.78 is 20.7. The molecule has 3 amide bonds. The summed E-state index contributed by atoms with van der Waals surface area (Å²) in [6, 6.07) is 2.81. The number of hydrogen-bond acceptors (Lipinski definition) is 5. The Hall–Kier alpha value is -2.68. The molecular formula is C28H45FN4O4. The van der Waals surface area contributed by atoms with Crippen molar-refractivity contribution in [1.29, 1.82) is 0 Å². The van der Waals surface area contributed by atoms with Crippen molar-refractivity contribution < 1.29 is 23.5 Å². The van der Waals surface area contributed by atoms with Gasteiger partial charge in [0.05, 0.1) is 6.04 Å². The fraction of sp³-hybridized carbons (Fsp3) is 0.679. The van der Waals surface area contributed by atoms with Gasteiger partial charge in [-0.05, 0) is 56.6 Å². The Morgan fingerprint density at radius 2 is 1.84 bits per heavy atom. The molecule has 208 valence electrons. The molecule has 0 radical (unpaired) electrons. The highest BCUT2D eigenvalue weighted by atomic mass is 19.1. The highest BCUT2D eigenvalue weighted by Crippen LogP contribution is 2.25. The lowest BCUT2D eigenvalue weighted by Gasteiger charge is -2.33. The molecule has 0 aliphatic carbocycles. The van der Waals surface area contributed by atoms with Gasteiger partial charge in [-0.3, -0.25) is 14.4 Å². The molecule has 5 atom stereocenters. The quantitative estimate of drug-likeness (QED) is 0.567. The minimum atomic E-state index is -0.767. The van der Waals surface area contributed by atoms with E-state index in [0.717, 1.165) is 12.0 Å². The second kappa shape index (κ2) is 14.3. The maximum absolute atomic E-state index is 14.7. The van der Waals surface area contributed by atoms with Crippen LogP contribution in [0.25, 0.3) is 0 Å². The molecule has 1 heterocycles. The standard InChI is InChI=1S/C28H45FN4O4/c1-8-18(4)24-28(36)33(7)20(6)26(34)32-23(15-17(2)3)27(35)30-14-10-12-21-11-9-13-22(29)25(21)37-19(5)16-31-24/h9,11,13,17-20,23-24,31H,8,10,12,14-16H2,1-7H3,(H,30,35)(H,32,34)/t18?,19-,20?,23-,24+/m1/s1. The van der Waals surface area contributed by atoms with E-state index in [-0.39, 0.29) is 35.3 Å². The first kappa shape index (κ1) is 30.5. The maximum atomic E-state index is 14.7. The normalized spacial score (nSPS) is 25.9. The molecule has 9 heteroatoms. The van der Waals surface area contributed by atoms with Crippen molar-refractivity contribution >= 4 is 17.7 Å². The number of rotatable bonds is 4. The highest BCUT2D eigenvalue weighted by Gasteiger charge is 2.33. The van der Waals surface area contributed by atoms with E-state index in [1.165, 1.54) is 11.0 Å². The van der Waals surface area contributed by atoms with Gasteiger partial charge < -0.3 is 25.6 Å². The summed E-state index contributed by atoms with van der Waals surface area (Å²) in [4.78, 5) is 41.0. The average Bonchev–Trinajstić information content (AvgIpc) is 2.85. The summed E-state index contributed by atoms with van der Waals surface area (Å²) in [7, 11) is 1.60. The molecule has 1 aromatic rings. The number of aryl methyl sites for hydroxylation is 1. The van der Waals surface area contributed by atoms with Crippen LogP contribution in [0, 0.1) is 17.7 Å². The molecule has 0 saturated heterocycles. The molecule has 1 aliphatic heterocycles. The lowest BCUT2D eigenvalue weighted by Crippen LogP contribution is -2.57. The summed E-state index contributed by atoms with van der Waals surface area (Å²) >= 11 is 0. The number of benzene rings is 1. The predicted octanol–water partition coefficient (Wildman–Crippen LogP) is 3.04. The first-order chi connectivity index (χ1) is 17.5. The van der Waals surface area contributed by atoms with E-state index in [2.05, 4.69) is 16.0 Å². The van der Waals surface area contributed by atoms with Gasteiger partial charge in [-0.1, -0.05) is 46.2 Å². The van der Waals surface area contributed by atoms with E-state index in [1.54, 1.807) is 20.0 Å². The Kier molecular flexibility index (Phi) is 11.8. The molecule has 1 aliphatic rings. The fourth-order valence-corrected chi connectivity index (χ4v) is 4.38. The van der Waals surface area contributed by atoms with Crippen LogP contribution in [-0.4, -0.2) is 67.0 Å². The predicted molar refractivity (Wildman–Crippen MR) is 143 cm³/mol. The number of carbonyl (C=O) groups is 3. The molecule has 2 unspecified atom stereocenters. The van der Waals surface area contributed by atoms with Crippen molar-refractivity contribution in [3.8, 4) is 5.75 Å². The number of likely N-dealkylation sites (N-methyl/N-ethyl adjacent to an activating group) is 1. The zero-order valence-corrected chi connectivity index (χ0v) is 23.4. The fourth-order valence-electron chi connectivity index (χ4n) is 4.38. The molecule has 0 spiro atoms. The molecule has 2 rings (SSSR count). The molecule has 37 heavy (non-hydrogen) atoms. The van der Waals surface area contributed by atoms with Crippen LogP contribution in [0.2, 0.25) is 0 Å². The van der Waals surface area contributed by atoms with Gasteiger partial charge in [-0.2, -0.15) is 0 Å². The second-order valence-corrected chi connectivity index (χ2v) is 10.6. The van der Waals surface area contributed by atoms with Crippen LogP contribution in [0.1, 0.15) is 66.4 Å². The zero-order valence-electron chi connectivity index (χ0n) is 23.4. The Morgan fingerprint density at radius 1 is 1.14 bits per heavy atom. The molecular weight excluding hydrogens is 475 g/mol. The molecule has 1 aromatic carbocycles. The maximum Gasteiger partial charge on any atom is 0.243 e. The van der Waals surface area contributed by atoms with E-state index < -0.39 is 30.0 Å². The third kappa shape index (κ3) is 8.69. The summed E-state index contributed by atoms with van der Waals surface area (Å²) in [5, 5.41) is 9.06. The van der Waals surface area contributed by atoms with Gasteiger partial charge in [-0.25, -0.2) is 4.39 Å². The Balaban J connectivity index is 2.38. The van der Waals surface area contributed by atoms with Crippen LogP contribution in [0.4, 0.5) is 4.39 Å². The zero-order chi connectivity index (χ0) is 27.7. The molecule has 0 fully saturated rings. The van der Waals surface area contributed by atoms with E-state index in [1.807, 2.05) is 40.7 Å². The summed E-state index contributed by atoms with van der Waals surface area (Å²) in [5.74, 6) is -0.934. The Labute approximate surface area is 221 Å². The van der Waals surface area contributed by atoms with Crippen molar-refractivity contribution in [2.75, 3.05) is 20.1 Å². The smallest absolute Gasteiger partial charge is 0.243 e. The van der Waals surface area contributed by atoms with Gasteiger partial charge in [0.2, 0.25) is 17.7 Å². The van der Waals surface area contributed by atoms with Crippen LogP contribution < -0.4 is 20.7 Å². The van der Waals surface area contributed by atoms with Crippen LogP contribution >= 0.6 is 0 Å². The number of para-hydroxylation sites is 1. The van der Waals surface area contributed by atoms with E-state index in [0.29, 0.717) is 32.4 Å². The molecule has 0 aromatic heterocycles. The van der Waals surface area contributed by atoms with E-state index in [9.17, 15) is 18.8 Å². The summed E-state index contributed by atoms with van der Waals surface area (Å²) in [6.07, 6.45) is 1.92. The van der Waals surface area contributed by atoms with Crippen molar-refractivity contribution in [2.24, 2.45) is 11.8 Å². The minimum Gasteiger partial charge on any atom is -0.486 e. The number of halogens is 1. The van der Waals surface area contributed by atoms with Crippen LogP contribution in [0.15, 0.2) is 18.2 Å². The molecule has 3 N–H and O–H groups in total. The number of amides is 3. The van der Waals surface area contributed by atoms with Crippen molar-refractivity contribution in [3.05, 3.63) is 29.6 Å². The molecule has 0 saturated carbocycles. The number of hydrogen-bond donors (Lipinski definition) is 3. The lowest BCUT2D eigenvalue weighted by molar-refractivity contribution is -0.141. The van der Waals surface area contributed by atoms with Gasteiger partial charge in [0.15, 0.2) is 11.6 Å². The van der Waals surface area contributed by atoms with Gasteiger partial charge in [0, 0.05) is 20.1 Å². The summed E-state index contributed by atoms with van der Waals surface area (Å²) in [6.45, 7) is 12.1. The lowest BCUT2D eigenvalue weighted by atomic mass is 9.97. The van der Waals surface area contributed by atoms with Crippen LogP contribution in [0.5, 0.6) is 5.75 Å². The van der Waals surface area contributed by atoms with Crippen molar-refractivity contribution in [2.45, 2.75) is 91.5 Å². The topological polar surface area (TPSA) is 99.8 Å². The van der Waals surface area contributed by atoms with Crippen molar-refractivity contribution in [3.63, 3.8) is 0 Å². The van der Waals surface area contributed by atoms with Crippen LogP contribution in [0.3, 0.4) is 0 Å². The number of nitrogens with one attached hydrogen (secondary N) is 3. The average molecular weight is 521 g/mol. The van der Waals surface area contributed by atoms with E-state index >= 15 is 0 Å². The third-order valence-electron chi connectivity index (χ3n) is 7.04. The number of fused-ring (bicyclic) bond motifs is 1. The number of ether oxygens (including phenoxy) is 1. The van der Waals surface area contributed by atoms with E-state index in [4.69, 9.17) is 4.74 Å². The largest absolute Gasteiger partial charge is 0.486 e. The first-order valence-electron chi connectivity index (χ1n) is 13.5. The van der Waals surface area contributed by atoms with Gasteiger partial charge in [0.25, 0.3) is 0 Å². The van der Waals surface area contributed by atoms with Gasteiger partial charge in [-0.15, -0.1) is 0 Å². The second-order valence-electron chi connectivity index (χ2n) is 10.6. The minimum absolute atomic E-state index is 0.00787. The highest BCUT2D eigenvalue weighted by molar-refractivity contribution is 5.92. The van der Waals surface area contributed by atoms with Crippen molar-refractivity contribution in [1.82, 2.24) is 20.9 Å². The SMILES string of the molecule is CCC(C)[C@@H]1NC[C@@H](C)Oc2c(F)cccc2CCCNC(=O)[C@@H](CC(C)C)NC(=O)C(C)N(C)C1=O. The molecule has 8 nitrogen and oxygen atoms in total. The monoisotopic (exact) mass is 520 g/mol. The molecule has 0 bridgehead atoms. The third-order valence-corrected chi connectivity index (χ3v) is 7.04. The number of nitrogens with zero attached hydrogens (tertiary/aromatic N) is 1. The van der Waals surface area contributed by atoms with Crippen LogP contribution in [-0.2, 0) is 20.8 Å².